The first kappa shape index (κ1) is 28.9. The maximum absolute atomic E-state index is 14.2. The number of aromatic nitrogens is 2. The molecule has 1 atom stereocenters. The van der Waals surface area contributed by atoms with Gasteiger partial charge in [-0.1, -0.05) is 11.6 Å². The highest BCUT2D eigenvalue weighted by molar-refractivity contribution is 6.31. The van der Waals surface area contributed by atoms with Crippen molar-refractivity contribution in [3.63, 3.8) is 0 Å². The van der Waals surface area contributed by atoms with Crippen LogP contribution in [0.3, 0.4) is 0 Å². The minimum atomic E-state index is -4.92. The molecule has 0 spiro atoms. The third-order valence-electron chi connectivity index (χ3n) is 6.63. The van der Waals surface area contributed by atoms with E-state index in [-0.39, 0.29) is 50.9 Å². The van der Waals surface area contributed by atoms with E-state index in [1.807, 2.05) is 0 Å². The third-order valence-corrected chi connectivity index (χ3v) is 6.98. The molecule has 2 aromatic carbocycles. The fraction of sp³-hybridized carbons (Fsp3) is 0.172. The van der Waals surface area contributed by atoms with Gasteiger partial charge < -0.3 is 15.2 Å². The highest BCUT2D eigenvalue weighted by Crippen LogP contribution is 2.40. The average Bonchev–Trinajstić information content (AvgIpc) is 3.25. The van der Waals surface area contributed by atoms with Gasteiger partial charge in [0.25, 0.3) is 17.4 Å². The van der Waals surface area contributed by atoms with E-state index >= 15 is 0 Å². The normalized spacial score (nSPS) is 14.6. The van der Waals surface area contributed by atoms with Gasteiger partial charge in [-0.3, -0.25) is 14.4 Å². The van der Waals surface area contributed by atoms with Gasteiger partial charge in [0.15, 0.2) is 0 Å². The molecular formula is C29H20ClF5N4O3. The van der Waals surface area contributed by atoms with Gasteiger partial charge in [0.2, 0.25) is 0 Å². The predicted octanol–water partition coefficient (Wildman–Crippen LogP) is 6.53. The van der Waals surface area contributed by atoms with Gasteiger partial charge in [-0.2, -0.15) is 13.2 Å². The second kappa shape index (κ2) is 10.7. The summed E-state index contributed by atoms with van der Waals surface area (Å²) >= 11 is 6.30. The summed E-state index contributed by atoms with van der Waals surface area (Å²) in [5, 5.41) is 5.20. The molecule has 2 aromatic heterocycles. The van der Waals surface area contributed by atoms with E-state index in [9.17, 15) is 36.3 Å². The first-order valence-corrected chi connectivity index (χ1v) is 12.8. The smallest absolute Gasteiger partial charge is 0.340 e. The molecule has 13 heteroatoms. The number of halogens is 6. The Bertz CT molecular complexity index is 1820. The zero-order valence-electron chi connectivity index (χ0n) is 21.8. The van der Waals surface area contributed by atoms with Gasteiger partial charge in [-0.05, 0) is 62.4 Å². The number of nitrogens with one attached hydrogen (secondary N) is 2. The number of alkyl halides is 3. The zero-order valence-corrected chi connectivity index (χ0v) is 22.6. The van der Waals surface area contributed by atoms with Crippen molar-refractivity contribution in [3.8, 4) is 11.3 Å². The van der Waals surface area contributed by atoms with Crippen LogP contribution in [0, 0.1) is 11.6 Å². The van der Waals surface area contributed by atoms with Crippen molar-refractivity contribution >= 4 is 29.1 Å². The first-order valence-electron chi connectivity index (χ1n) is 12.5. The summed E-state index contributed by atoms with van der Waals surface area (Å²) in [7, 11) is 0. The first-order chi connectivity index (χ1) is 19.7. The number of carbonyl (C=O) groups is 2. The Balaban J connectivity index is 1.69. The number of fused-ring (bicyclic) bond motifs is 1. The van der Waals surface area contributed by atoms with Crippen LogP contribution in [0.5, 0.6) is 0 Å². The zero-order chi connectivity index (χ0) is 30.5. The van der Waals surface area contributed by atoms with Crippen molar-refractivity contribution in [1.29, 1.82) is 0 Å². The van der Waals surface area contributed by atoms with E-state index in [1.54, 1.807) is 13.8 Å². The number of carbonyl (C=O) groups excluding carboxylic acids is 2. The Kier molecular flexibility index (Phi) is 7.35. The highest BCUT2D eigenvalue weighted by Gasteiger charge is 2.37. The lowest BCUT2D eigenvalue weighted by molar-refractivity contribution is -0.137. The molecule has 1 aliphatic rings. The molecule has 2 N–H and O–H groups in total. The monoisotopic (exact) mass is 602 g/mol. The Labute approximate surface area is 240 Å². The number of benzene rings is 2. The summed E-state index contributed by atoms with van der Waals surface area (Å²) in [6.45, 7) is 3.56. The van der Waals surface area contributed by atoms with Crippen LogP contribution in [0.4, 0.5) is 27.6 Å². The fourth-order valence-corrected chi connectivity index (χ4v) is 4.88. The molecule has 4 aromatic rings. The minimum Gasteiger partial charge on any atom is -0.340 e. The Morgan fingerprint density at radius 2 is 1.76 bits per heavy atom. The third kappa shape index (κ3) is 5.49. The summed E-state index contributed by atoms with van der Waals surface area (Å²) in [5.74, 6) is -3.76. The lowest BCUT2D eigenvalue weighted by atomic mass is 9.97. The molecule has 0 fully saturated rings. The topological polar surface area (TPSA) is 93.1 Å². The van der Waals surface area contributed by atoms with Crippen LogP contribution < -0.4 is 16.2 Å². The number of hydrogen-bond acceptors (Lipinski definition) is 4. The molecule has 5 rings (SSSR count). The van der Waals surface area contributed by atoms with E-state index in [0.29, 0.717) is 17.7 Å². The number of amides is 2. The Morgan fingerprint density at radius 1 is 1.02 bits per heavy atom. The molecule has 0 radical (unpaired) electrons. The Morgan fingerprint density at radius 3 is 2.45 bits per heavy atom. The molecule has 0 saturated carbocycles. The predicted molar refractivity (Wildman–Crippen MR) is 144 cm³/mol. The molecule has 0 unspecified atom stereocenters. The van der Waals surface area contributed by atoms with Gasteiger partial charge in [0, 0.05) is 45.6 Å². The molecule has 0 bridgehead atoms. The number of rotatable bonds is 5. The van der Waals surface area contributed by atoms with Crippen LogP contribution in [0.25, 0.3) is 11.3 Å². The van der Waals surface area contributed by atoms with E-state index < -0.39 is 46.8 Å². The van der Waals surface area contributed by atoms with Crippen molar-refractivity contribution in [1.82, 2.24) is 14.9 Å². The van der Waals surface area contributed by atoms with Crippen LogP contribution in [-0.4, -0.2) is 21.4 Å². The largest absolute Gasteiger partial charge is 0.416 e. The quantitative estimate of drug-likeness (QED) is 0.254. The molecule has 0 saturated heterocycles. The van der Waals surface area contributed by atoms with Crippen molar-refractivity contribution in [2.24, 2.45) is 0 Å². The highest BCUT2D eigenvalue weighted by atomic mass is 35.5. The van der Waals surface area contributed by atoms with E-state index in [4.69, 9.17) is 11.6 Å². The number of nitrogens with zero attached hydrogens (tertiary/aromatic N) is 2. The van der Waals surface area contributed by atoms with E-state index in [1.165, 1.54) is 35.0 Å². The number of anilines is 1. The molecule has 216 valence electrons. The van der Waals surface area contributed by atoms with Crippen molar-refractivity contribution < 1.29 is 31.5 Å². The molecular weight excluding hydrogens is 583 g/mol. The van der Waals surface area contributed by atoms with Crippen molar-refractivity contribution in [3.05, 3.63) is 116 Å². The van der Waals surface area contributed by atoms with Crippen LogP contribution in [-0.2, 0) is 6.18 Å². The van der Waals surface area contributed by atoms with Crippen molar-refractivity contribution in [2.75, 3.05) is 5.32 Å². The molecule has 7 nitrogen and oxygen atoms in total. The summed E-state index contributed by atoms with van der Waals surface area (Å²) in [4.78, 5) is 43.1. The molecule has 42 heavy (non-hydrogen) atoms. The molecule has 2 amide bonds. The second-order valence-corrected chi connectivity index (χ2v) is 10.2. The van der Waals surface area contributed by atoms with Crippen LogP contribution in [0.2, 0.25) is 5.02 Å². The SMILES string of the molecule is CC(C)n1cc(-c2cc(NC(=O)c3cc(F)cc(C(F)(F)F)c3)c3c(n2)C(=O)N[C@@H]3c2cc(F)ccc2Cl)ccc1=O. The van der Waals surface area contributed by atoms with E-state index in [0.717, 1.165) is 12.1 Å². The number of pyridine rings is 2. The standard InChI is InChI=1S/C29H20ClF5N4O3/c1-13(2)39-12-14(3-6-23(39)40)21-11-22(37-27(41)15-7-16(29(33,34)35)9-18(32)8-15)24-25(38-28(42)26(24)36-21)19-10-17(31)4-5-20(19)30/h3-13,25H,1-2H3,(H,38,42)(H,36,37,41)/t25-/m1/s1. The van der Waals surface area contributed by atoms with Crippen LogP contribution in [0.1, 0.15) is 63.5 Å². The van der Waals surface area contributed by atoms with Gasteiger partial charge in [0.05, 0.1) is 23.0 Å². The van der Waals surface area contributed by atoms with Crippen LogP contribution >= 0.6 is 11.6 Å². The maximum atomic E-state index is 14.2. The average molecular weight is 603 g/mol. The lowest BCUT2D eigenvalue weighted by Crippen LogP contribution is -2.21. The number of hydrogen-bond donors (Lipinski definition) is 2. The molecule has 3 heterocycles. The Hall–Kier alpha value is -4.58. The van der Waals surface area contributed by atoms with Gasteiger partial charge >= 0.3 is 6.18 Å². The van der Waals surface area contributed by atoms with E-state index in [2.05, 4.69) is 15.6 Å². The summed E-state index contributed by atoms with van der Waals surface area (Å²) in [6, 6.07) is 7.62. The lowest BCUT2D eigenvalue weighted by Gasteiger charge is -2.19. The maximum Gasteiger partial charge on any atom is 0.416 e. The van der Waals surface area contributed by atoms with Crippen LogP contribution in [0.15, 0.2) is 65.6 Å². The van der Waals surface area contributed by atoms with Gasteiger partial charge in [0.1, 0.15) is 17.3 Å². The van der Waals surface area contributed by atoms with Gasteiger partial charge in [-0.25, -0.2) is 13.8 Å². The van der Waals surface area contributed by atoms with Gasteiger partial charge in [-0.15, -0.1) is 0 Å². The molecule has 1 aliphatic heterocycles. The summed E-state index contributed by atoms with van der Waals surface area (Å²) in [5.41, 5.74) is -1.85. The minimum absolute atomic E-state index is 0.0641. The van der Waals surface area contributed by atoms with Crippen molar-refractivity contribution in [2.45, 2.75) is 32.1 Å². The second-order valence-electron chi connectivity index (χ2n) is 9.83. The molecule has 0 aliphatic carbocycles. The fourth-order valence-electron chi connectivity index (χ4n) is 4.65. The summed E-state index contributed by atoms with van der Waals surface area (Å²) in [6.07, 6.45) is -3.42. The summed E-state index contributed by atoms with van der Waals surface area (Å²) < 4.78 is 69.6.